The first kappa shape index (κ1) is 16.8. The van der Waals surface area contributed by atoms with Gasteiger partial charge in [-0.05, 0) is 24.6 Å². The van der Waals surface area contributed by atoms with Crippen molar-refractivity contribution in [2.24, 2.45) is 0 Å². The molecule has 0 atom stereocenters. The molecule has 0 unspecified atom stereocenters. The average molecular weight is 335 g/mol. The smallest absolute Gasteiger partial charge is 0.354 e. The first-order valence-corrected chi connectivity index (χ1v) is 7.98. The van der Waals surface area contributed by atoms with E-state index in [2.05, 4.69) is 41.1 Å². The van der Waals surface area contributed by atoms with Gasteiger partial charge >= 0.3 is 6.18 Å². The van der Waals surface area contributed by atoms with Crippen LogP contribution >= 0.6 is 0 Å². The molecule has 128 valence electrons. The van der Waals surface area contributed by atoms with Gasteiger partial charge in [0.2, 0.25) is 0 Å². The predicted molar refractivity (Wildman–Crippen MR) is 87.9 cm³/mol. The maximum Gasteiger partial charge on any atom is 0.417 e. The first-order chi connectivity index (χ1) is 11.4. The number of benzene rings is 1. The highest BCUT2D eigenvalue weighted by atomic mass is 19.4. The monoisotopic (exact) mass is 335 g/mol. The van der Waals surface area contributed by atoms with Gasteiger partial charge in [-0.3, -0.25) is 4.90 Å². The van der Waals surface area contributed by atoms with E-state index in [1.54, 1.807) is 0 Å². The molecule has 2 aromatic rings. The Bertz CT molecular complexity index is 675. The van der Waals surface area contributed by atoms with Crippen LogP contribution in [0, 0.1) is 6.92 Å². The molecular formula is C18H20F3N3. The lowest BCUT2D eigenvalue weighted by Crippen LogP contribution is -2.46. The van der Waals surface area contributed by atoms with E-state index in [1.807, 2.05) is 4.90 Å². The van der Waals surface area contributed by atoms with Crippen LogP contribution in [0.25, 0.3) is 0 Å². The molecule has 0 saturated carbocycles. The highest BCUT2D eigenvalue weighted by Gasteiger charge is 2.31. The number of halogens is 3. The van der Waals surface area contributed by atoms with Crippen molar-refractivity contribution in [3.05, 3.63) is 59.3 Å². The lowest BCUT2D eigenvalue weighted by molar-refractivity contribution is -0.137. The summed E-state index contributed by atoms with van der Waals surface area (Å²) in [5, 5.41) is 0. The number of aromatic nitrogens is 1. The van der Waals surface area contributed by atoms with Crippen molar-refractivity contribution in [1.82, 2.24) is 9.88 Å². The zero-order chi connectivity index (χ0) is 17.2. The van der Waals surface area contributed by atoms with Crippen LogP contribution in [0.15, 0.2) is 42.6 Å². The van der Waals surface area contributed by atoms with E-state index in [9.17, 15) is 13.2 Å². The van der Waals surface area contributed by atoms with E-state index in [4.69, 9.17) is 0 Å². The molecule has 0 N–H and O–H groups in total. The Balaban J connectivity index is 1.57. The van der Waals surface area contributed by atoms with Gasteiger partial charge in [-0.15, -0.1) is 0 Å². The van der Waals surface area contributed by atoms with Crippen molar-refractivity contribution < 1.29 is 13.2 Å². The minimum atomic E-state index is -4.34. The van der Waals surface area contributed by atoms with Gasteiger partial charge in [0.05, 0.1) is 5.56 Å². The van der Waals surface area contributed by atoms with Crippen LogP contribution < -0.4 is 4.90 Å². The first-order valence-electron chi connectivity index (χ1n) is 7.98. The average Bonchev–Trinajstić information content (AvgIpc) is 2.55. The van der Waals surface area contributed by atoms with E-state index in [1.165, 1.54) is 17.2 Å². The summed E-state index contributed by atoms with van der Waals surface area (Å²) in [6.45, 7) is 6.26. The van der Waals surface area contributed by atoms with E-state index in [0.29, 0.717) is 5.82 Å². The Labute approximate surface area is 139 Å². The highest BCUT2D eigenvalue weighted by molar-refractivity contribution is 5.40. The number of anilines is 1. The molecule has 1 aromatic carbocycles. The van der Waals surface area contributed by atoms with E-state index < -0.39 is 11.7 Å². The lowest BCUT2D eigenvalue weighted by Gasteiger charge is -2.35. The number of rotatable bonds is 3. The van der Waals surface area contributed by atoms with Crippen molar-refractivity contribution in [2.75, 3.05) is 31.1 Å². The van der Waals surface area contributed by atoms with Crippen molar-refractivity contribution in [2.45, 2.75) is 19.6 Å². The minimum Gasteiger partial charge on any atom is -0.354 e. The van der Waals surface area contributed by atoms with Gasteiger partial charge in [0.15, 0.2) is 0 Å². The van der Waals surface area contributed by atoms with Gasteiger partial charge in [0.25, 0.3) is 0 Å². The molecule has 24 heavy (non-hydrogen) atoms. The third-order valence-corrected chi connectivity index (χ3v) is 4.26. The molecule has 0 spiro atoms. The Kier molecular flexibility index (Phi) is 4.76. The fourth-order valence-corrected chi connectivity index (χ4v) is 2.94. The summed E-state index contributed by atoms with van der Waals surface area (Å²) in [7, 11) is 0. The van der Waals surface area contributed by atoms with Crippen molar-refractivity contribution >= 4 is 5.82 Å². The summed E-state index contributed by atoms with van der Waals surface area (Å²) in [5.74, 6) is 0.609. The van der Waals surface area contributed by atoms with E-state index in [0.717, 1.165) is 45.0 Å². The van der Waals surface area contributed by atoms with Gasteiger partial charge in [-0.1, -0.05) is 29.8 Å². The quantitative estimate of drug-likeness (QED) is 0.852. The fourth-order valence-electron chi connectivity index (χ4n) is 2.94. The number of aryl methyl sites for hydroxylation is 1. The second kappa shape index (κ2) is 6.81. The molecule has 3 rings (SSSR count). The third kappa shape index (κ3) is 4.06. The molecule has 0 radical (unpaired) electrons. The molecule has 1 aliphatic heterocycles. The molecule has 3 nitrogen and oxygen atoms in total. The molecule has 2 heterocycles. The third-order valence-electron chi connectivity index (χ3n) is 4.26. The topological polar surface area (TPSA) is 19.4 Å². The van der Waals surface area contributed by atoms with Crippen LogP contribution in [-0.4, -0.2) is 36.1 Å². The van der Waals surface area contributed by atoms with Gasteiger partial charge in [-0.2, -0.15) is 13.2 Å². The summed E-state index contributed by atoms with van der Waals surface area (Å²) in [4.78, 5) is 8.37. The second-order valence-corrected chi connectivity index (χ2v) is 6.16. The van der Waals surface area contributed by atoms with Crippen LogP contribution in [0.4, 0.5) is 19.0 Å². The zero-order valence-corrected chi connectivity index (χ0v) is 13.6. The number of pyridine rings is 1. The van der Waals surface area contributed by atoms with Gasteiger partial charge in [0.1, 0.15) is 5.82 Å². The van der Waals surface area contributed by atoms with Crippen LogP contribution in [0.5, 0.6) is 0 Å². The molecule has 0 amide bonds. The van der Waals surface area contributed by atoms with Crippen LogP contribution in [0.1, 0.15) is 16.7 Å². The predicted octanol–water partition coefficient (Wildman–Crippen LogP) is 3.73. The summed E-state index contributed by atoms with van der Waals surface area (Å²) in [6, 6.07) is 11.0. The van der Waals surface area contributed by atoms with Gasteiger partial charge < -0.3 is 4.90 Å². The van der Waals surface area contributed by atoms with Gasteiger partial charge in [0, 0.05) is 38.9 Å². The van der Waals surface area contributed by atoms with Crippen molar-refractivity contribution in [1.29, 1.82) is 0 Å². The van der Waals surface area contributed by atoms with Crippen LogP contribution in [0.2, 0.25) is 0 Å². The molecule has 0 aliphatic carbocycles. The molecular weight excluding hydrogens is 315 g/mol. The van der Waals surface area contributed by atoms with E-state index in [-0.39, 0.29) is 0 Å². The number of piperazine rings is 1. The Morgan fingerprint density at radius 3 is 2.38 bits per heavy atom. The number of nitrogens with zero attached hydrogens (tertiary/aromatic N) is 3. The van der Waals surface area contributed by atoms with Crippen LogP contribution in [-0.2, 0) is 12.7 Å². The Morgan fingerprint density at radius 1 is 1.04 bits per heavy atom. The zero-order valence-electron chi connectivity index (χ0n) is 13.6. The lowest BCUT2D eigenvalue weighted by atomic mass is 10.1. The molecule has 1 aromatic heterocycles. The largest absolute Gasteiger partial charge is 0.417 e. The minimum absolute atomic E-state index is 0.609. The fraction of sp³-hybridized carbons (Fsp3) is 0.389. The Hall–Kier alpha value is -2.08. The SMILES string of the molecule is Cc1cccc(CN2CCN(c3ccc(C(F)(F)F)cn3)CC2)c1. The molecule has 1 saturated heterocycles. The number of hydrogen-bond acceptors (Lipinski definition) is 3. The number of hydrogen-bond donors (Lipinski definition) is 0. The maximum absolute atomic E-state index is 12.6. The normalized spacial score (nSPS) is 16.4. The summed E-state index contributed by atoms with van der Waals surface area (Å²) < 4.78 is 37.8. The second-order valence-electron chi connectivity index (χ2n) is 6.16. The van der Waals surface area contributed by atoms with Crippen molar-refractivity contribution in [3.63, 3.8) is 0 Å². The molecule has 1 fully saturated rings. The molecule has 6 heteroatoms. The molecule has 1 aliphatic rings. The van der Waals surface area contributed by atoms with E-state index >= 15 is 0 Å². The summed E-state index contributed by atoms with van der Waals surface area (Å²) in [6.07, 6.45) is -3.42. The standard InChI is InChI=1S/C18H20F3N3/c1-14-3-2-4-15(11-14)13-23-7-9-24(10-8-23)17-6-5-16(12-22-17)18(19,20)21/h2-6,11-12H,7-10,13H2,1H3. The number of alkyl halides is 3. The molecule has 0 bridgehead atoms. The maximum atomic E-state index is 12.6. The van der Waals surface area contributed by atoms with Gasteiger partial charge in [-0.25, -0.2) is 4.98 Å². The summed E-state index contributed by atoms with van der Waals surface area (Å²) >= 11 is 0. The Morgan fingerprint density at radius 2 is 1.79 bits per heavy atom. The van der Waals surface area contributed by atoms with Crippen molar-refractivity contribution in [3.8, 4) is 0 Å². The summed E-state index contributed by atoms with van der Waals surface area (Å²) in [5.41, 5.74) is 1.83. The highest BCUT2D eigenvalue weighted by Crippen LogP contribution is 2.29. The van der Waals surface area contributed by atoms with Crippen LogP contribution in [0.3, 0.4) is 0 Å².